The quantitative estimate of drug-likeness (QED) is 0.547. The SMILES string of the molecule is CNC(=O)N1C[C@@H](O)CC[C@@H]1C. The van der Waals surface area contributed by atoms with E-state index in [0.717, 1.165) is 12.8 Å². The molecule has 2 amide bonds. The summed E-state index contributed by atoms with van der Waals surface area (Å²) >= 11 is 0. The Bertz CT molecular complexity index is 172. The summed E-state index contributed by atoms with van der Waals surface area (Å²) in [5.41, 5.74) is 0. The van der Waals surface area contributed by atoms with Crippen LogP contribution < -0.4 is 5.32 Å². The number of amides is 2. The fourth-order valence-electron chi connectivity index (χ4n) is 1.51. The minimum absolute atomic E-state index is 0.0961. The highest BCUT2D eigenvalue weighted by molar-refractivity contribution is 5.74. The smallest absolute Gasteiger partial charge is 0.317 e. The first-order chi connectivity index (χ1) is 5.65. The van der Waals surface area contributed by atoms with Gasteiger partial charge in [-0.2, -0.15) is 0 Å². The molecule has 0 saturated carbocycles. The maximum Gasteiger partial charge on any atom is 0.317 e. The molecule has 0 aromatic carbocycles. The molecule has 4 heteroatoms. The molecule has 1 heterocycles. The molecule has 2 atom stereocenters. The zero-order chi connectivity index (χ0) is 9.14. The predicted octanol–water partition coefficient (Wildman–Crippen LogP) is 0.171. The van der Waals surface area contributed by atoms with E-state index >= 15 is 0 Å². The summed E-state index contributed by atoms with van der Waals surface area (Å²) in [4.78, 5) is 12.9. The molecule has 70 valence electrons. The monoisotopic (exact) mass is 172 g/mol. The van der Waals surface area contributed by atoms with Gasteiger partial charge >= 0.3 is 6.03 Å². The number of aliphatic hydroxyl groups excluding tert-OH is 1. The largest absolute Gasteiger partial charge is 0.391 e. The van der Waals surface area contributed by atoms with E-state index < -0.39 is 0 Å². The Balaban J connectivity index is 2.54. The van der Waals surface area contributed by atoms with E-state index in [4.69, 9.17) is 0 Å². The molecular formula is C8H16N2O2. The van der Waals surface area contributed by atoms with E-state index in [1.807, 2.05) is 6.92 Å². The van der Waals surface area contributed by atoms with E-state index in [9.17, 15) is 9.90 Å². The number of carbonyl (C=O) groups is 1. The van der Waals surface area contributed by atoms with Crippen molar-refractivity contribution in [3.63, 3.8) is 0 Å². The molecule has 0 aromatic heterocycles. The molecule has 0 spiro atoms. The number of hydrogen-bond donors (Lipinski definition) is 2. The van der Waals surface area contributed by atoms with Crippen molar-refractivity contribution in [2.24, 2.45) is 0 Å². The van der Waals surface area contributed by atoms with Gasteiger partial charge in [0.15, 0.2) is 0 Å². The van der Waals surface area contributed by atoms with Crippen LogP contribution in [0.15, 0.2) is 0 Å². The molecule has 4 nitrogen and oxygen atoms in total. The first-order valence-electron chi connectivity index (χ1n) is 4.31. The fraction of sp³-hybridized carbons (Fsp3) is 0.875. The molecule has 1 fully saturated rings. The van der Waals surface area contributed by atoms with Crippen molar-refractivity contribution in [1.82, 2.24) is 10.2 Å². The Morgan fingerprint density at radius 3 is 2.83 bits per heavy atom. The Hall–Kier alpha value is -0.770. The van der Waals surface area contributed by atoms with Crippen molar-refractivity contribution in [3.8, 4) is 0 Å². The second-order valence-corrected chi connectivity index (χ2v) is 3.29. The fourth-order valence-corrected chi connectivity index (χ4v) is 1.51. The van der Waals surface area contributed by atoms with Crippen LogP contribution in [0.25, 0.3) is 0 Å². The number of aliphatic hydroxyl groups is 1. The number of nitrogens with zero attached hydrogens (tertiary/aromatic N) is 1. The van der Waals surface area contributed by atoms with Crippen LogP contribution in [-0.4, -0.2) is 41.8 Å². The second kappa shape index (κ2) is 3.76. The average Bonchev–Trinajstić information content (AvgIpc) is 2.08. The first-order valence-corrected chi connectivity index (χ1v) is 4.31. The van der Waals surface area contributed by atoms with Crippen LogP contribution in [0.5, 0.6) is 0 Å². The van der Waals surface area contributed by atoms with Gasteiger partial charge in [-0.3, -0.25) is 0 Å². The predicted molar refractivity (Wildman–Crippen MR) is 45.9 cm³/mol. The number of urea groups is 1. The van der Waals surface area contributed by atoms with Crippen molar-refractivity contribution < 1.29 is 9.90 Å². The molecular weight excluding hydrogens is 156 g/mol. The highest BCUT2D eigenvalue weighted by Gasteiger charge is 2.26. The standard InChI is InChI=1S/C8H16N2O2/c1-6-3-4-7(11)5-10(6)8(12)9-2/h6-7,11H,3-5H2,1-2H3,(H,9,12)/t6-,7-/m0/s1. The summed E-state index contributed by atoms with van der Waals surface area (Å²) in [7, 11) is 1.61. The zero-order valence-electron chi connectivity index (χ0n) is 7.58. The van der Waals surface area contributed by atoms with Gasteiger partial charge in [-0.25, -0.2) is 4.79 Å². The van der Waals surface area contributed by atoms with Crippen molar-refractivity contribution in [2.45, 2.75) is 31.9 Å². The second-order valence-electron chi connectivity index (χ2n) is 3.29. The molecule has 1 rings (SSSR count). The molecule has 0 aromatic rings. The lowest BCUT2D eigenvalue weighted by Gasteiger charge is -2.35. The number of nitrogens with one attached hydrogen (secondary N) is 1. The normalized spacial score (nSPS) is 30.1. The highest BCUT2D eigenvalue weighted by Crippen LogP contribution is 2.16. The number of carbonyl (C=O) groups excluding carboxylic acids is 1. The Morgan fingerprint density at radius 2 is 2.25 bits per heavy atom. The summed E-state index contributed by atoms with van der Waals surface area (Å²) < 4.78 is 0. The average molecular weight is 172 g/mol. The van der Waals surface area contributed by atoms with Crippen molar-refractivity contribution in [3.05, 3.63) is 0 Å². The van der Waals surface area contributed by atoms with Gasteiger partial charge < -0.3 is 15.3 Å². The van der Waals surface area contributed by atoms with E-state index in [1.54, 1.807) is 11.9 Å². The lowest BCUT2D eigenvalue weighted by Crippen LogP contribution is -2.50. The molecule has 12 heavy (non-hydrogen) atoms. The van der Waals surface area contributed by atoms with Crippen LogP contribution in [0, 0.1) is 0 Å². The summed E-state index contributed by atoms with van der Waals surface area (Å²) in [6.45, 7) is 2.46. The van der Waals surface area contributed by atoms with E-state index in [1.165, 1.54) is 0 Å². The number of hydrogen-bond acceptors (Lipinski definition) is 2. The van der Waals surface area contributed by atoms with Crippen LogP contribution in [0.2, 0.25) is 0 Å². The molecule has 0 radical (unpaired) electrons. The van der Waals surface area contributed by atoms with Gasteiger partial charge in [-0.05, 0) is 19.8 Å². The lowest BCUT2D eigenvalue weighted by molar-refractivity contribution is 0.0605. The summed E-state index contributed by atoms with van der Waals surface area (Å²) in [6, 6.07) is 0.148. The summed E-state index contributed by atoms with van der Waals surface area (Å²) in [5, 5.41) is 11.9. The Morgan fingerprint density at radius 1 is 1.58 bits per heavy atom. The number of rotatable bonds is 0. The number of β-amino-alcohol motifs (C(OH)–C–C–N with tert-alkyl or cyclic N) is 1. The van der Waals surface area contributed by atoms with Crippen molar-refractivity contribution >= 4 is 6.03 Å². The third-order valence-electron chi connectivity index (χ3n) is 2.33. The van der Waals surface area contributed by atoms with E-state index in [-0.39, 0.29) is 18.2 Å². The molecule has 1 saturated heterocycles. The molecule has 2 N–H and O–H groups in total. The van der Waals surface area contributed by atoms with Crippen LogP contribution in [0.4, 0.5) is 4.79 Å². The van der Waals surface area contributed by atoms with E-state index in [0.29, 0.717) is 6.54 Å². The molecule has 1 aliphatic rings. The summed E-state index contributed by atoms with van der Waals surface area (Å²) in [6.07, 6.45) is 1.34. The maximum absolute atomic E-state index is 11.2. The lowest BCUT2D eigenvalue weighted by atomic mass is 10.0. The minimum Gasteiger partial charge on any atom is -0.391 e. The van der Waals surface area contributed by atoms with Gasteiger partial charge in [0.1, 0.15) is 0 Å². The Labute approximate surface area is 72.6 Å². The number of piperidine rings is 1. The van der Waals surface area contributed by atoms with Crippen molar-refractivity contribution in [1.29, 1.82) is 0 Å². The Kier molecular flexibility index (Phi) is 2.92. The third-order valence-corrected chi connectivity index (χ3v) is 2.33. The van der Waals surface area contributed by atoms with Crippen LogP contribution >= 0.6 is 0 Å². The van der Waals surface area contributed by atoms with Gasteiger partial charge in [0.2, 0.25) is 0 Å². The molecule has 0 bridgehead atoms. The zero-order valence-corrected chi connectivity index (χ0v) is 7.58. The van der Waals surface area contributed by atoms with Crippen molar-refractivity contribution in [2.75, 3.05) is 13.6 Å². The van der Waals surface area contributed by atoms with Crippen LogP contribution in [0.1, 0.15) is 19.8 Å². The molecule has 0 unspecified atom stereocenters. The molecule has 1 aliphatic heterocycles. The molecule has 0 aliphatic carbocycles. The minimum atomic E-state index is -0.349. The van der Waals surface area contributed by atoms with Gasteiger partial charge in [0.05, 0.1) is 6.10 Å². The topological polar surface area (TPSA) is 52.6 Å². The van der Waals surface area contributed by atoms with Gasteiger partial charge in [-0.15, -0.1) is 0 Å². The maximum atomic E-state index is 11.2. The number of likely N-dealkylation sites (tertiary alicyclic amines) is 1. The van der Waals surface area contributed by atoms with Gasteiger partial charge in [0.25, 0.3) is 0 Å². The van der Waals surface area contributed by atoms with E-state index in [2.05, 4.69) is 5.32 Å². The third kappa shape index (κ3) is 1.88. The van der Waals surface area contributed by atoms with Gasteiger partial charge in [-0.1, -0.05) is 0 Å². The first kappa shape index (κ1) is 9.32. The van der Waals surface area contributed by atoms with Gasteiger partial charge in [0, 0.05) is 19.6 Å². The highest BCUT2D eigenvalue weighted by atomic mass is 16.3. The summed E-state index contributed by atoms with van der Waals surface area (Å²) in [5.74, 6) is 0. The van der Waals surface area contributed by atoms with Crippen LogP contribution in [0.3, 0.4) is 0 Å². The van der Waals surface area contributed by atoms with Crippen LogP contribution in [-0.2, 0) is 0 Å².